The van der Waals surface area contributed by atoms with Crippen LogP contribution in [0.3, 0.4) is 0 Å². The van der Waals surface area contributed by atoms with Crippen molar-refractivity contribution < 1.29 is 47.6 Å². The Hall–Kier alpha value is -3.34. The summed E-state index contributed by atoms with van der Waals surface area (Å²) in [6.45, 7) is 11.6. The number of benzene rings is 1. The molecule has 0 aromatic heterocycles. The summed E-state index contributed by atoms with van der Waals surface area (Å²) in [6.07, 6.45) is 2.19. The third-order valence-electron chi connectivity index (χ3n) is 5.65. The number of rotatable bonds is 9. The van der Waals surface area contributed by atoms with Crippen LogP contribution in [0.4, 0.5) is 9.59 Å². The van der Waals surface area contributed by atoms with Gasteiger partial charge in [-0.2, -0.15) is 0 Å². The van der Waals surface area contributed by atoms with E-state index in [1.54, 1.807) is 54.5 Å². The minimum absolute atomic E-state index is 0.0203. The highest BCUT2D eigenvalue weighted by molar-refractivity contribution is 5.76. The van der Waals surface area contributed by atoms with E-state index in [9.17, 15) is 19.2 Å². The third kappa shape index (κ3) is 12.2. The van der Waals surface area contributed by atoms with Gasteiger partial charge in [-0.05, 0) is 85.4 Å². The zero-order valence-electron chi connectivity index (χ0n) is 24.6. The first-order valence-corrected chi connectivity index (χ1v) is 13.6. The van der Waals surface area contributed by atoms with Gasteiger partial charge < -0.3 is 34.2 Å². The van der Waals surface area contributed by atoms with Gasteiger partial charge in [-0.15, -0.1) is 0 Å². The van der Waals surface area contributed by atoms with E-state index in [1.807, 2.05) is 0 Å². The standard InChI is InChI=1S/C29H43NO10/c1-18(36-24(31)20-11-9-8-10-12-20)17-35-25(32)21(30)15-19-13-14-22(37-26(33)39-28(2,3)4)23(16-19)38-27(34)40-29(5,6)7/h13-14,16,18,20-21H,8-12,15,17,30H2,1-7H3/t18-,21-/m0/s1. The molecule has 224 valence electrons. The molecular formula is C29H43NO10. The average molecular weight is 566 g/mol. The summed E-state index contributed by atoms with van der Waals surface area (Å²) in [4.78, 5) is 49.3. The monoisotopic (exact) mass is 565 g/mol. The van der Waals surface area contributed by atoms with Gasteiger partial charge in [0.25, 0.3) is 0 Å². The van der Waals surface area contributed by atoms with Gasteiger partial charge in [0.15, 0.2) is 11.5 Å². The number of carbonyl (C=O) groups excluding carboxylic acids is 4. The van der Waals surface area contributed by atoms with Crippen molar-refractivity contribution in [2.24, 2.45) is 11.7 Å². The van der Waals surface area contributed by atoms with Crippen LogP contribution in [0.25, 0.3) is 0 Å². The Kier molecular flexibility index (Phi) is 11.8. The SMILES string of the molecule is C[C@@H](COC(=O)[C@@H](N)Cc1ccc(OC(=O)OC(C)(C)C)c(OC(=O)OC(C)(C)C)c1)OC(=O)C1CCCCC1. The maximum atomic E-state index is 12.5. The highest BCUT2D eigenvalue weighted by Gasteiger charge is 2.26. The van der Waals surface area contributed by atoms with Crippen molar-refractivity contribution in [1.82, 2.24) is 0 Å². The summed E-state index contributed by atoms with van der Waals surface area (Å²) in [5, 5.41) is 0. The molecule has 0 saturated heterocycles. The lowest BCUT2D eigenvalue weighted by atomic mass is 9.89. The first-order valence-electron chi connectivity index (χ1n) is 13.6. The normalized spacial score (nSPS) is 15.8. The van der Waals surface area contributed by atoms with Crippen molar-refractivity contribution >= 4 is 24.2 Å². The Morgan fingerprint density at radius 2 is 1.43 bits per heavy atom. The molecule has 11 nitrogen and oxygen atoms in total. The van der Waals surface area contributed by atoms with Gasteiger partial charge in [0, 0.05) is 0 Å². The van der Waals surface area contributed by atoms with Gasteiger partial charge in [-0.25, -0.2) is 9.59 Å². The molecule has 1 fully saturated rings. The molecule has 2 N–H and O–H groups in total. The van der Waals surface area contributed by atoms with Gasteiger partial charge in [0.1, 0.15) is 30.0 Å². The topological polar surface area (TPSA) is 150 Å². The maximum Gasteiger partial charge on any atom is 0.514 e. The average Bonchev–Trinajstić information content (AvgIpc) is 2.82. The van der Waals surface area contributed by atoms with Crippen LogP contribution in [0.15, 0.2) is 18.2 Å². The molecule has 1 aliphatic carbocycles. The fourth-order valence-corrected chi connectivity index (χ4v) is 3.88. The van der Waals surface area contributed by atoms with E-state index >= 15 is 0 Å². The predicted octanol–water partition coefficient (Wildman–Crippen LogP) is 5.24. The molecule has 1 aliphatic rings. The van der Waals surface area contributed by atoms with E-state index < -0.39 is 41.6 Å². The van der Waals surface area contributed by atoms with E-state index in [-0.39, 0.29) is 36.4 Å². The fourth-order valence-electron chi connectivity index (χ4n) is 3.88. The number of ether oxygens (including phenoxy) is 6. The van der Waals surface area contributed by atoms with E-state index in [1.165, 1.54) is 12.1 Å². The number of esters is 2. The summed E-state index contributed by atoms with van der Waals surface area (Å²) in [5.74, 6) is -1.27. The van der Waals surface area contributed by atoms with Gasteiger partial charge in [-0.3, -0.25) is 9.59 Å². The fraction of sp³-hybridized carbons (Fsp3) is 0.655. The largest absolute Gasteiger partial charge is 0.514 e. The van der Waals surface area contributed by atoms with Crippen LogP contribution < -0.4 is 15.2 Å². The van der Waals surface area contributed by atoms with Gasteiger partial charge in [0.05, 0.1) is 5.92 Å². The van der Waals surface area contributed by atoms with Crippen molar-refractivity contribution in [2.75, 3.05) is 6.61 Å². The maximum absolute atomic E-state index is 12.5. The zero-order valence-corrected chi connectivity index (χ0v) is 24.6. The molecule has 1 aromatic rings. The molecule has 2 rings (SSSR count). The molecule has 0 aliphatic heterocycles. The van der Waals surface area contributed by atoms with Crippen molar-refractivity contribution in [2.45, 2.75) is 110 Å². The molecule has 0 heterocycles. The highest BCUT2D eigenvalue weighted by Crippen LogP contribution is 2.31. The summed E-state index contributed by atoms with van der Waals surface area (Å²) < 4.78 is 31.6. The predicted molar refractivity (Wildman–Crippen MR) is 145 cm³/mol. The minimum atomic E-state index is -1.06. The zero-order chi connectivity index (χ0) is 30.1. The minimum Gasteiger partial charge on any atom is -0.461 e. The summed E-state index contributed by atoms with van der Waals surface area (Å²) in [7, 11) is 0. The number of carbonyl (C=O) groups is 4. The number of hydrogen-bond acceptors (Lipinski definition) is 11. The van der Waals surface area contributed by atoms with Gasteiger partial charge in [-0.1, -0.05) is 25.3 Å². The van der Waals surface area contributed by atoms with Crippen molar-refractivity contribution in [1.29, 1.82) is 0 Å². The van der Waals surface area contributed by atoms with E-state index in [0.29, 0.717) is 5.56 Å². The van der Waals surface area contributed by atoms with Crippen LogP contribution in [0.1, 0.15) is 86.1 Å². The molecular weight excluding hydrogens is 522 g/mol. The van der Waals surface area contributed by atoms with Crippen LogP contribution in [-0.4, -0.2) is 54.2 Å². The summed E-state index contributed by atoms with van der Waals surface area (Å²) in [5.41, 5.74) is 4.92. The first kappa shape index (κ1) is 32.9. The second kappa shape index (κ2) is 14.3. The molecule has 1 saturated carbocycles. The number of hydrogen-bond donors (Lipinski definition) is 1. The second-order valence-electron chi connectivity index (χ2n) is 11.9. The molecule has 2 atom stereocenters. The molecule has 40 heavy (non-hydrogen) atoms. The van der Waals surface area contributed by atoms with E-state index in [2.05, 4.69) is 0 Å². The highest BCUT2D eigenvalue weighted by atomic mass is 16.8. The molecule has 0 unspecified atom stereocenters. The van der Waals surface area contributed by atoms with Crippen LogP contribution in [-0.2, 0) is 35.0 Å². The lowest BCUT2D eigenvalue weighted by molar-refractivity contribution is -0.162. The Labute approximate surface area is 235 Å². The van der Waals surface area contributed by atoms with Crippen LogP contribution in [0, 0.1) is 5.92 Å². The smallest absolute Gasteiger partial charge is 0.461 e. The summed E-state index contributed by atoms with van der Waals surface area (Å²) >= 11 is 0. The molecule has 0 spiro atoms. The van der Waals surface area contributed by atoms with E-state index in [4.69, 9.17) is 34.2 Å². The molecule has 0 amide bonds. The van der Waals surface area contributed by atoms with Crippen molar-refractivity contribution in [3.8, 4) is 11.5 Å². The third-order valence-corrected chi connectivity index (χ3v) is 5.65. The first-order chi connectivity index (χ1) is 18.5. The van der Waals surface area contributed by atoms with Gasteiger partial charge >= 0.3 is 24.2 Å². The van der Waals surface area contributed by atoms with Crippen LogP contribution in [0.2, 0.25) is 0 Å². The number of nitrogens with two attached hydrogens (primary N) is 1. The van der Waals surface area contributed by atoms with Gasteiger partial charge in [0.2, 0.25) is 0 Å². The van der Waals surface area contributed by atoms with E-state index in [0.717, 1.165) is 32.1 Å². The molecule has 0 radical (unpaired) electrons. The molecule has 1 aromatic carbocycles. The second-order valence-corrected chi connectivity index (χ2v) is 11.9. The Morgan fingerprint density at radius 1 is 0.875 bits per heavy atom. The van der Waals surface area contributed by atoms with Crippen LogP contribution in [0.5, 0.6) is 11.5 Å². The Bertz CT molecular complexity index is 1030. The van der Waals surface area contributed by atoms with Crippen molar-refractivity contribution in [3.05, 3.63) is 23.8 Å². The lowest BCUT2D eigenvalue weighted by Crippen LogP contribution is -2.36. The summed E-state index contributed by atoms with van der Waals surface area (Å²) in [6, 6.07) is 3.30. The van der Waals surface area contributed by atoms with Crippen molar-refractivity contribution in [3.63, 3.8) is 0 Å². The lowest BCUT2D eigenvalue weighted by Gasteiger charge is -2.22. The van der Waals surface area contributed by atoms with Crippen LogP contribution >= 0.6 is 0 Å². The Balaban J connectivity index is 2.02. The Morgan fingerprint density at radius 3 is 1.98 bits per heavy atom. The quantitative estimate of drug-likeness (QED) is 0.238. The molecule has 0 bridgehead atoms. The molecule has 11 heteroatoms.